The highest BCUT2D eigenvalue weighted by Gasteiger charge is 2.64. The van der Waals surface area contributed by atoms with Gasteiger partial charge in [0.2, 0.25) is 0 Å². The summed E-state index contributed by atoms with van der Waals surface area (Å²) < 4.78 is -0.261. The topological polar surface area (TPSA) is 0 Å². The van der Waals surface area contributed by atoms with Crippen LogP contribution in [0.1, 0.15) is 122 Å². The van der Waals surface area contributed by atoms with Crippen molar-refractivity contribution < 1.29 is 0 Å². The van der Waals surface area contributed by atoms with Crippen molar-refractivity contribution in [3.8, 4) is 0 Å². The molecule has 2 heteroatoms. The van der Waals surface area contributed by atoms with Crippen molar-refractivity contribution in [2.75, 3.05) is 0 Å². The molecule has 94 heavy (non-hydrogen) atoms. The zero-order valence-electron chi connectivity index (χ0n) is 55.9. The molecule has 0 amide bonds. The van der Waals surface area contributed by atoms with Crippen LogP contribution < -0.4 is 0 Å². The minimum Gasteiger partial charge on any atom is -0.0900 e. The van der Waals surface area contributed by atoms with E-state index in [0.29, 0.717) is 11.2 Å². The molecule has 0 nitrogen and oxygen atoms in total. The van der Waals surface area contributed by atoms with Crippen molar-refractivity contribution in [1.82, 2.24) is 0 Å². The Morgan fingerprint density at radius 1 is 0.309 bits per heavy atom. The van der Waals surface area contributed by atoms with E-state index in [2.05, 4.69) is 441 Å². The number of benzene rings is 12. The second-order valence-electron chi connectivity index (χ2n) is 27.1. The van der Waals surface area contributed by atoms with Crippen LogP contribution in [0.4, 0.5) is 0 Å². The number of hydrogen-bond donors (Lipinski definition) is 0. The normalized spacial score (nSPS) is 17.6. The lowest BCUT2D eigenvalue weighted by atomic mass is 9.45. The van der Waals surface area contributed by atoms with Gasteiger partial charge in [-0.1, -0.05) is 434 Å². The van der Waals surface area contributed by atoms with Crippen LogP contribution in [0.25, 0.3) is 0 Å². The molecule has 0 aromatic heterocycles. The SMILES string of the molecule is CC(C)C(C(C)C(C)(C)C(c1ccccc1)(c1ccccc1)c1ccccc1)C(c1ccccc1)(c1ccccc1)c1ccccc1.CC1SSC(C)(C(c2ccccc2)(c2ccccc2)c2ccccc2)C(C)C1C(c1ccccc1)(c1ccccc1)c1ccccc1. The molecule has 0 bridgehead atoms. The van der Waals surface area contributed by atoms with Crippen LogP contribution in [0.3, 0.4) is 0 Å². The Balaban J connectivity index is 0.000000180. The van der Waals surface area contributed by atoms with Crippen molar-refractivity contribution in [3.05, 3.63) is 431 Å². The molecular formula is C92H90S2. The van der Waals surface area contributed by atoms with Gasteiger partial charge in [0.05, 0.1) is 10.8 Å². The highest BCUT2D eigenvalue weighted by atomic mass is 33.1. The summed E-state index contributed by atoms with van der Waals surface area (Å²) in [7, 11) is 4.17. The highest BCUT2D eigenvalue weighted by molar-refractivity contribution is 8.77. The van der Waals surface area contributed by atoms with Gasteiger partial charge in [-0.3, -0.25) is 0 Å². The first kappa shape index (κ1) is 65.4. The monoisotopic (exact) mass is 1260 g/mol. The largest absolute Gasteiger partial charge is 0.0900 e. The predicted molar refractivity (Wildman–Crippen MR) is 404 cm³/mol. The maximum absolute atomic E-state index is 2.56. The minimum atomic E-state index is -0.431. The van der Waals surface area contributed by atoms with E-state index in [0.717, 1.165) is 0 Å². The quantitative estimate of drug-likeness (QED) is 0.0585. The van der Waals surface area contributed by atoms with Gasteiger partial charge in [0.1, 0.15) is 0 Å². The average Bonchev–Trinajstić information content (AvgIpc) is 0.701. The van der Waals surface area contributed by atoms with E-state index in [-0.39, 0.29) is 39.2 Å². The van der Waals surface area contributed by atoms with Crippen LogP contribution in [-0.2, 0) is 21.7 Å². The van der Waals surface area contributed by atoms with Crippen molar-refractivity contribution in [1.29, 1.82) is 0 Å². The maximum Gasteiger partial charge on any atom is 0.0606 e. The molecular weight excluding hydrogens is 1170 g/mol. The molecule has 0 saturated carbocycles. The summed E-state index contributed by atoms with van der Waals surface area (Å²) in [6, 6.07) is 135. The van der Waals surface area contributed by atoms with Gasteiger partial charge in [-0.15, -0.1) is 0 Å². The molecule has 1 fully saturated rings. The van der Waals surface area contributed by atoms with Gasteiger partial charge in [0.15, 0.2) is 0 Å². The fraction of sp³-hybridized carbons (Fsp3) is 0.217. The third-order valence-corrected chi connectivity index (χ3v) is 26.0. The maximum atomic E-state index is 2.56. The van der Waals surface area contributed by atoms with E-state index in [1.54, 1.807) is 0 Å². The van der Waals surface area contributed by atoms with Gasteiger partial charge >= 0.3 is 0 Å². The number of hydrogen-bond acceptors (Lipinski definition) is 2. The summed E-state index contributed by atoms with van der Waals surface area (Å²) in [6.07, 6.45) is 0. The molecule has 1 aliphatic rings. The second kappa shape index (κ2) is 28.5. The van der Waals surface area contributed by atoms with E-state index in [1.807, 2.05) is 0 Å². The summed E-state index contributed by atoms with van der Waals surface area (Å²) >= 11 is 0. The van der Waals surface area contributed by atoms with Crippen molar-refractivity contribution in [2.45, 2.75) is 87.0 Å². The first-order valence-corrected chi connectivity index (χ1v) is 36.1. The Hall–Kier alpha value is -8.66. The molecule has 6 atom stereocenters. The van der Waals surface area contributed by atoms with Crippen LogP contribution in [0.15, 0.2) is 364 Å². The second-order valence-corrected chi connectivity index (χ2v) is 30.1. The van der Waals surface area contributed by atoms with Crippen LogP contribution >= 0.6 is 21.6 Å². The summed E-state index contributed by atoms with van der Waals surface area (Å²) in [5.41, 5.74) is 14.1. The Morgan fingerprint density at radius 3 is 0.777 bits per heavy atom. The van der Waals surface area contributed by atoms with Crippen molar-refractivity contribution in [2.24, 2.45) is 35.0 Å². The Bertz CT molecular complexity index is 3710. The fourth-order valence-corrected chi connectivity index (χ4v) is 21.8. The third-order valence-electron chi connectivity index (χ3n) is 22.0. The van der Waals surface area contributed by atoms with Gasteiger partial charge in [-0.05, 0) is 109 Å². The zero-order chi connectivity index (χ0) is 65.2. The fourth-order valence-electron chi connectivity index (χ4n) is 17.9. The zero-order valence-corrected chi connectivity index (χ0v) is 57.6. The molecule has 0 radical (unpaired) electrons. The van der Waals surface area contributed by atoms with Crippen molar-refractivity contribution >= 4 is 21.6 Å². The number of rotatable bonds is 19. The van der Waals surface area contributed by atoms with E-state index >= 15 is 0 Å². The first-order chi connectivity index (χ1) is 45.9. The highest BCUT2D eigenvalue weighted by Crippen LogP contribution is 2.69. The molecule has 1 saturated heterocycles. The lowest BCUT2D eigenvalue weighted by molar-refractivity contribution is 0.0455. The van der Waals surface area contributed by atoms with Gasteiger partial charge in [0, 0.05) is 20.8 Å². The summed E-state index contributed by atoms with van der Waals surface area (Å²) in [4.78, 5) is 0. The first-order valence-electron chi connectivity index (χ1n) is 33.9. The standard InChI is InChI=1S/C47H48.C45H42S2/c1-36(2)44(46(38-24-12-6-13-25-38,39-26-14-7-15-27-39)40-28-16-8-17-29-40)37(3)45(4,5)47(41-30-18-9-19-31-41,42-32-20-10-21-33-42)43-34-22-11-23-35-43;1-34-42(44(36-22-10-4-11-23-36,37-24-12-5-13-25-37)38-26-14-6-15-27-38)35(2)46-47-43(34,3)45(39-28-16-7-17-29-39,40-30-18-8-19-31-40)41-32-20-9-21-33-41/h6-37,44H,1-5H3;4-35,42H,1-3H3. The lowest BCUT2D eigenvalue weighted by Gasteiger charge is -2.61. The third kappa shape index (κ3) is 11.3. The van der Waals surface area contributed by atoms with E-state index in [9.17, 15) is 0 Å². The molecule has 470 valence electrons. The summed E-state index contributed by atoms with van der Waals surface area (Å²) in [5, 5.41) is 0.365. The molecule has 0 N–H and O–H groups in total. The Labute approximate surface area is 570 Å². The van der Waals surface area contributed by atoms with Crippen LogP contribution in [-0.4, -0.2) is 10.00 Å². The Kier molecular flexibility index (Phi) is 19.8. The van der Waals surface area contributed by atoms with Crippen LogP contribution in [0.2, 0.25) is 0 Å². The van der Waals surface area contributed by atoms with E-state index in [1.165, 1.54) is 66.8 Å². The molecule has 1 heterocycles. The van der Waals surface area contributed by atoms with E-state index < -0.39 is 16.2 Å². The molecule has 13 rings (SSSR count). The molecule has 0 spiro atoms. The van der Waals surface area contributed by atoms with Crippen molar-refractivity contribution in [3.63, 3.8) is 0 Å². The summed E-state index contributed by atoms with van der Waals surface area (Å²) in [6.45, 7) is 20.1. The van der Waals surface area contributed by atoms with Crippen LogP contribution in [0, 0.1) is 35.0 Å². The van der Waals surface area contributed by atoms with E-state index in [4.69, 9.17) is 0 Å². The van der Waals surface area contributed by atoms with Gasteiger partial charge in [-0.2, -0.15) is 0 Å². The van der Waals surface area contributed by atoms with Gasteiger partial charge in [-0.25, -0.2) is 0 Å². The van der Waals surface area contributed by atoms with Gasteiger partial charge < -0.3 is 0 Å². The molecule has 12 aromatic rings. The predicted octanol–water partition coefficient (Wildman–Crippen LogP) is 23.8. The molecule has 1 aliphatic heterocycles. The molecule has 0 aliphatic carbocycles. The Morgan fingerprint density at radius 2 is 0.532 bits per heavy atom. The van der Waals surface area contributed by atoms with Gasteiger partial charge in [0.25, 0.3) is 0 Å². The summed E-state index contributed by atoms with van der Waals surface area (Å²) in [5.74, 6) is 1.31. The smallest absolute Gasteiger partial charge is 0.0606 e. The van der Waals surface area contributed by atoms with Crippen LogP contribution in [0.5, 0.6) is 0 Å². The molecule has 12 aromatic carbocycles. The minimum absolute atomic E-state index is 0.222. The lowest BCUT2D eigenvalue weighted by Crippen LogP contribution is -2.60. The average molecular weight is 1260 g/mol. The molecule has 6 unspecified atom stereocenters.